The molecule has 6 heteroatoms. The van der Waals surface area contributed by atoms with Gasteiger partial charge in [0, 0.05) is 24.4 Å². The van der Waals surface area contributed by atoms with Crippen LogP contribution in [0.4, 0.5) is 0 Å². The van der Waals surface area contributed by atoms with E-state index in [9.17, 15) is 14.4 Å². The molecule has 0 radical (unpaired) electrons. The maximum absolute atomic E-state index is 11.5. The lowest BCUT2D eigenvalue weighted by Gasteiger charge is -2.05. The Kier molecular flexibility index (Phi) is 10.3. The van der Waals surface area contributed by atoms with Crippen LogP contribution in [0.5, 0.6) is 0 Å². The van der Waals surface area contributed by atoms with E-state index >= 15 is 0 Å². The van der Waals surface area contributed by atoms with E-state index in [1.807, 2.05) is 0 Å². The summed E-state index contributed by atoms with van der Waals surface area (Å²) in [6.07, 6.45) is 11.5. The van der Waals surface area contributed by atoms with Crippen LogP contribution in [0.25, 0.3) is 0 Å². The highest BCUT2D eigenvalue weighted by Gasteiger charge is 2.01. The number of aromatic nitrogens is 2. The monoisotopic (exact) mass is 350 g/mol. The molecule has 1 aromatic rings. The third kappa shape index (κ3) is 9.69. The van der Waals surface area contributed by atoms with E-state index in [1.54, 1.807) is 17.7 Å². The van der Waals surface area contributed by atoms with Crippen molar-refractivity contribution < 1.29 is 9.53 Å². The van der Waals surface area contributed by atoms with Crippen molar-refractivity contribution in [2.75, 3.05) is 6.61 Å². The molecule has 0 bridgehead atoms. The van der Waals surface area contributed by atoms with Gasteiger partial charge in [0.1, 0.15) is 0 Å². The molecule has 140 valence electrons. The third-order valence-electron chi connectivity index (χ3n) is 4.02. The van der Waals surface area contributed by atoms with Gasteiger partial charge < -0.3 is 9.30 Å². The van der Waals surface area contributed by atoms with Gasteiger partial charge in [-0.3, -0.25) is 9.78 Å². The van der Waals surface area contributed by atoms with Crippen molar-refractivity contribution in [2.45, 2.75) is 71.3 Å². The van der Waals surface area contributed by atoms with Gasteiger partial charge in [-0.05, 0) is 19.8 Å². The van der Waals surface area contributed by atoms with Gasteiger partial charge in [-0.1, -0.05) is 51.5 Å². The maximum atomic E-state index is 11.5. The van der Waals surface area contributed by atoms with Gasteiger partial charge in [-0.2, -0.15) is 0 Å². The molecule has 0 aliphatic rings. The lowest BCUT2D eigenvalue weighted by Crippen LogP contribution is -2.28. The van der Waals surface area contributed by atoms with Crippen molar-refractivity contribution in [3.8, 4) is 0 Å². The lowest BCUT2D eigenvalue weighted by atomic mass is 10.1. The number of H-pyrrole nitrogens is 1. The van der Waals surface area contributed by atoms with E-state index in [4.69, 9.17) is 4.74 Å². The summed E-state index contributed by atoms with van der Waals surface area (Å²) >= 11 is 0. The largest absolute Gasteiger partial charge is 0.462 e. The Morgan fingerprint density at radius 2 is 1.60 bits per heavy atom. The van der Waals surface area contributed by atoms with Crippen LogP contribution in [0, 0.1) is 0 Å². The summed E-state index contributed by atoms with van der Waals surface area (Å²) < 4.78 is 6.59. The highest BCUT2D eigenvalue weighted by atomic mass is 16.5. The first-order chi connectivity index (χ1) is 12.0. The number of hydrogen-bond acceptors (Lipinski definition) is 4. The minimum atomic E-state index is -0.352. The first kappa shape index (κ1) is 20.9. The quantitative estimate of drug-likeness (QED) is 0.337. The fraction of sp³-hybridized carbons (Fsp3) is 0.632. The Labute approximate surface area is 148 Å². The molecule has 0 atom stereocenters. The van der Waals surface area contributed by atoms with Gasteiger partial charge in [0.25, 0.3) is 5.56 Å². The molecule has 0 aliphatic carbocycles. The van der Waals surface area contributed by atoms with Gasteiger partial charge >= 0.3 is 11.7 Å². The van der Waals surface area contributed by atoms with E-state index in [-0.39, 0.29) is 17.2 Å². The predicted molar refractivity (Wildman–Crippen MR) is 98.6 cm³/mol. The van der Waals surface area contributed by atoms with E-state index in [2.05, 4.69) is 11.6 Å². The maximum Gasteiger partial charge on any atom is 0.333 e. The fourth-order valence-electron chi connectivity index (χ4n) is 2.53. The third-order valence-corrected chi connectivity index (χ3v) is 4.02. The molecule has 1 aromatic heterocycles. The highest BCUT2D eigenvalue weighted by molar-refractivity contribution is 5.86. The topological polar surface area (TPSA) is 81.2 Å². The van der Waals surface area contributed by atoms with Crippen LogP contribution < -0.4 is 11.2 Å². The van der Waals surface area contributed by atoms with Crippen molar-refractivity contribution in [1.29, 1.82) is 0 Å². The number of aryl methyl sites for hydroxylation is 1. The minimum absolute atomic E-state index is 0.302. The van der Waals surface area contributed by atoms with Crippen LogP contribution in [0.15, 0.2) is 34.0 Å². The van der Waals surface area contributed by atoms with Crippen LogP contribution in [0.3, 0.4) is 0 Å². The summed E-state index contributed by atoms with van der Waals surface area (Å²) in [4.78, 5) is 35.9. The Hall–Kier alpha value is -2.11. The molecule has 0 saturated heterocycles. The second-order valence-corrected chi connectivity index (χ2v) is 6.40. The van der Waals surface area contributed by atoms with Crippen LogP contribution in [0.1, 0.15) is 64.7 Å². The van der Waals surface area contributed by atoms with Crippen molar-refractivity contribution in [3.05, 3.63) is 45.3 Å². The Balaban J connectivity index is 1.90. The molecular weight excluding hydrogens is 320 g/mol. The first-order valence-corrected chi connectivity index (χ1v) is 9.13. The molecule has 0 saturated carbocycles. The first-order valence-electron chi connectivity index (χ1n) is 9.13. The molecule has 1 N–H and O–H groups in total. The van der Waals surface area contributed by atoms with Crippen molar-refractivity contribution in [3.63, 3.8) is 0 Å². The highest BCUT2D eigenvalue weighted by Crippen LogP contribution is 2.10. The molecule has 6 nitrogen and oxygen atoms in total. The van der Waals surface area contributed by atoms with Gasteiger partial charge in [0.05, 0.1) is 6.61 Å². The number of ether oxygens (including phenoxy) is 1. The summed E-state index contributed by atoms with van der Waals surface area (Å²) in [5, 5.41) is 0. The molecule has 1 heterocycles. The van der Waals surface area contributed by atoms with Crippen LogP contribution in [-0.4, -0.2) is 22.1 Å². The number of carbonyl (C=O) groups is 1. The lowest BCUT2D eigenvalue weighted by molar-refractivity contribution is -0.139. The Morgan fingerprint density at radius 1 is 1.04 bits per heavy atom. The second kappa shape index (κ2) is 12.3. The Morgan fingerprint density at radius 3 is 2.16 bits per heavy atom. The number of rotatable bonds is 13. The number of nitrogens with one attached hydrogen (secondary N) is 1. The van der Waals surface area contributed by atoms with Crippen LogP contribution >= 0.6 is 0 Å². The Bertz CT molecular complexity index is 645. The molecule has 1 rings (SSSR count). The van der Waals surface area contributed by atoms with E-state index in [0.29, 0.717) is 18.7 Å². The average Bonchev–Trinajstić information content (AvgIpc) is 2.57. The zero-order chi connectivity index (χ0) is 18.5. The molecule has 0 fully saturated rings. The molecule has 0 amide bonds. The van der Waals surface area contributed by atoms with Crippen LogP contribution in [0.2, 0.25) is 0 Å². The molecule has 0 spiro atoms. The minimum Gasteiger partial charge on any atom is -0.462 e. The van der Waals surface area contributed by atoms with Gasteiger partial charge in [-0.25, -0.2) is 9.59 Å². The number of unbranched alkanes of at least 4 members (excludes halogenated alkanes) is 8. The van der Waals surface area contributed by atoms with E-state index in [0.717, 1.165) is 38.5 Å². The number of nitrogens with zero attached hydrogens (tertiary/aromatic N) is 1. The van der Waals surface area contributed by atoms with Crippen molar-refractivity contribution in [2.24, 2.45) is 0 Å². The fourth-order valence-corrected chi connectivity index (χ4v) is 2.53. The van der Waals surface area contributed by atoms with Crippen molar-refractivity contribution >= 4 is 5.97 Å². The standard InChI is InChI=1S/C19H30N2O4/c1-16(2)18(23)25-15-11-9-7-5-3-4-6-8-10-13-21-14-12-17(22)20-19(21)24/h12,14H,1,3-11,13,15H2,2H3,(H,20,22,24). The normalized spacial score (nSPS) is 10.6. The molecule has 0 aliphatic heterocycles. The summed E-state index contributed by atoms with van der Waals surface area (Å²) in [5.41, 5.74) is -0.234. The number of hydrogen-bond donors (Lipinski definition) is 1. The van der Waals surface area contributed by atoms with Gasteiger partial charge in [-0.15, -0.1) is 0 Å². The summed E-state index contributed by atoms with van der Waals surface area (Å²) in [5.74, 6) is -0.302. The number of esters is 1. The van der Waals surface area contributed by atoms with Gasteiger partial charge in [0.2, 0.25) is 0 Å². The molecule has 25 heavy (non-hydrogen) atoms. The summed E-state index contributed by atoms with van der Waals surface area (Å²) in [7, 11) is 0. The SMILES string of the molecule is C=C(C)C(=O)OCCCCCCCCCCCn1ccc(=O)[nH]c1=O. The second-order valence-electron chi connectivity index (χ2n) is 6.40. The van der Waals surface area contributed by atoms with E-state index < -0.39 is 0 Å². The number of aromatic amines is 1. The van der Waals surface area contributed by atoms with Crippen molar-refractivity contribution in [1.82, 2.24) is 9.55 Å². The van der Waals surface area contributed by atoms with Crippen LogP contribution in [-0.2, 0) is 16.1 Å². The smallest absolute Gasteiger partial charge is 0.333 e. The van der Waals surface area contributed by atoms with E-state index in [1.165, 1.54) is 25.3 Å². The van der Waals surface area contributed by atoms with Gasteiger partial charge in [0.15, 0.2) is 0 Å². The zero-order valence-electron chi connectivity index (χ0n) is 15.2. The summed E-state index contributed by atoms with van der Waals surface area (Å²) in [6, 6.07) is 1.38. The molecule has 0 unspecified atom stereocenters. The molecular formula is C19H30N2O4. The molecule has 0 aromatic carbocycles. The summed E-state index contributed by atoms with van der Waals surface area (Å²) in [6.45, 7) is 6.33. The predicted octanol–water partition coefficient (Wildman–Crippen LogP) is 3.17. The zero-order valence-corrected chi connectivity index (χ0v) is 15.2. The average molecular weight is 350 g/mol. The number of carbonyl (C=O) groups excluding carboxylic acids is 1.